The van der Waals surface area contributed by atoms with Crippen LogP contribution in [0.3, 0.4) is 0 Å². The van der Waals surface area contributed by atoms with Gasteiger partial charge in [0.05, 0.1) is 31.2 Å². The minimum atomic E-state index is 0.567. The van der Waals surface area contributed by atoms with Gasteiger partial charge >= 0.3 is 0 Å². The van der Waals surface area contributed by atoms with Crippen molar-refractivity contribution in [3.05, 3.63) is 48.7 Å². The van der Waals surface area contributed by atoms with E-state index in [4.69, 9.17) is 18.9 Å². The van der Waals surface area contributed by atoms with Gasteiger partial charge in [-0.1, -0.05) is 0 Å². The number of aromatic nitrogens is 1. The molecule has 2 saturated heterocycles. The van der Waals surface area contributed by atoms with Crippen LogP contribution >= 0.6 is 0 Å². The summed E-state index contributed by atoms with van der Waals surface area (Å²) in [5, 5.41) is 5.63. The van der Waals surface area contributed by atoms with Crippen molar-refractivity contribution in [2.24, 2.45) is 0 Å². The van der Waals surface area contributed by atoms with Gasteiger partial charge in [-0.3, -0.25) is 0 Å². The molecule has 0 unspecified atom stereocenters. The summed E-state index contributed by atoms with van der Waals surface area (Å²) in [5.41, 5.74) is 5.05. The second kappa shape index (κ2) is 11.2. The zero-order valence-electron chi connectivity index (χ0n) is 22.5. The number of likely N-dealkylation sites (tertiary alicyclic amines) is 1. The first kappa shape index (κ1) is 25.0. The fraction of sp³-hybridized carbons (Fsp3) is 0.452. The lowest BCUT2D eigenvalue weighted by Crippen LogP contribution is -2.41. The number of benzene rings is 2. The Labute approximate surface area is 224 Å². The largest absolute Gasteiger partial charge is 0.493 e. The van der Waals surface area contributed by atoms with E-state index in [0.717, 1.165) is 83.5 Å². The van der Waals surface area contributed by atoms with E-state index in [0.29, 0.717) is 12.6 Å². The van der Waals surface area contributed by atoms with Crippen molar-refractivity contribution in [2.75, 3.05) is 58.4 Å². The number of fused-ring (bicyclic) bond motifs is 2. The van der Waals surface area contributed by atoms with Gasteiger partial charge in [-0.25, -0.2) is 4.98 Å². The van der Waals surface area contributed by atoms with Gasteiger partial charge in [-0.15, -0.1) is 0 Å². The van der Waals surface area contributed by atoms with E-state index in [-0.39, 0.29) is 0 Å². The number of ether oxygens (including phenoxy) is 2. The third-order valence-corrected chi connectivity index (χ3v) is 8.14. The number of anilines is 1. The van der Waals surface area contributed by atoms with Crippen molar-refractivity contribution in [1.82, 2.24) is 15.2 Å². The fourth-order valence-electron chi connectivity index (χ4n) is 5.91. The maximum atomic E-state index is 6.28. The number of nitrogens with zero attached hydrogens (tertiary/aromatic N) is 3. The summed E-state index contributed by atoms with van der Waals surface area (Å²) in [7, 11) is 3.78. The molecule has 4 heterocycles. The van der Waals surface area contributed by atoms with Gasteiger partial charge in [0.1, 0.15) is 5.58 Å². The van der Waals surface area contributed by atoms with Gasteiger partial charge in [-0.2, -0.15) is 0 Å². The SMILES string of the molecule is CNC1CCN(c2cc(-c3ccc4occc4c3)nc3cc(OCCCN4CCCC4)c(OC)cc23)CC1. The summed E-state index contributed by atoms with van der Waals surface area (Å²) in [5.74, 6) is 1.52. The van der Waals surface area contributed by atoms with Gasteiger partial charge in [0.2, 0.25) is 0 Å². The van der Waals surface area contributed by atoms with Crippen molar-refractivity contribution < 1.29 is 13.9 Å². The molecule has 1 N–H and O–H groups in total. The normalized spacial score (nSPS) is 17.1. The Bertz CT molecular complexity index is 1390. The molecule has 0 amide bonds. The van der Waals surface area contributed by atoms with Crippen LogP contribution in [0.2, 0.25) is 0 Å². The number of piperidine rings is 1. The third-order valence-electron chi connectivity index (χ3n) is 8.14. The first-order valence-corrected chi connectivity index (χ1v) is 14.0. The Morgan fingerprint density at radius 2 is 1.84 bits per heavy atom. The van der Waals surface area contributed by atoms with Crippen LogP contribution in [0, 0.1) is 0 Å². The highest BCUT2D eigenvalue weighted by Gasteiger charge is 2.22. The Kier molecular flexibility index (Phi) is 7.38. The molecule has 0 atom stereocenters. The summed E-state index contributed by atoms with van der Waals surface area (Å²) in [4.78, 5) is 10.2. The van der Waals surface area contributed by atoms with E-state index in [2.05, 4.69) is 52.5 Å². The van der Waals surface area contributed by atoms with Crippen LogP contribution in [0.1, 0.15) is 32.1 Å². The van der Waals surface area contributed by atoms with Gasteiger partial charge in [0.25, 0.3) is 0 Å². The Balaban J connectivity index is 1.35. The quantitative estimate of drug-likeness (QED) is 0.287. The standard InChI is InChI=1S/C31H38N4O3/c1-32-24-8-14-35(15-9-24)28-20-26(22-6-7-29-23(18-22)10-17-38-29)33-27-21-31(30(36-2)19-25(27)28)37-16-5-13-34-11-3-4-12-34/h6-7,10,17-21,24,32H,3-5,8-9,11-16H2,1-2H3. The van der Waals surface area contributed by atoms with Gasteiger partial charge in [0, 0.05) is 53.8 Å². The molecule has 4 aromatic rings. The summed E-state index contributed by atoms with van der Waals surface area (Å²) < 4.78 is 17.7. The minimum Gasteiger partial charge on any atom is -0.493 e. The summed E-state index contributed by atoms with van der Waals surface area (Å²) in [6, 6.07) is 15.3. The zero-order chi connectivity index (χ0) is 25.9. The third kappa shape index (κ3) is 5.18. The molecule has 2 fully saturated rings. The molecule has 2 aliphatic heterocycles. The molecule has 0 aliphatic carbocycles. The second-order valence-corrected chi connectivity index (χ2v) is 10.5. The van der Waals surface area contributed by atoms with Crippen LogP contribution in [-0.4, -0.2) is 69.4 Å². The average Bonchev–Trinajstić information content (AvgIpc) is 3.66. The van der Waals surface area contributed by atoms with Crippen LogP contribution < -0.4 is 19.7 Å². The molecule has 2 aromatic heterocycles. The van der Waals surface area contributed by atoms with E-state index in [9.17, 15) is 0 Å². The monoisotopic (exact) mass is 514 g/mol. The lowest BCUT2D eigenvalue weighted by atomic mass is 10.0. The lowest BCUT2D eigenvalue weighted by molar-refractivity contribution is 0.254. The first-order valence-electron chi connectivity index (χ1n) is 14.0. The van der Waals surface area contributed by atoms with Crippen LogP contribution in [0.4, 0.5) is 5.69 Å². The fourth-order valence-corrected chi connectivity index (χ4v) is 5.91. The van der Waals surface area contributed by atoms with E-state index in [1.165, 1.54) is 31.6 Å². The molecular weight excluding hydrogens is 476 g/mol. The molecular formula is C31H38N4O3. The van der Waals surface area contributed by atoms with Crippen molar-refractivity contribution >= 4 is 27.6 Å². The number of nitrogens with one attached hydrogen (secondary N) is 1. The summed E-state index contributed by atoms with van der Waals surface area (Å²) in [6.07, 6.45) is 7.61. The Morgan fingerprint density at radius 3 is 2.63 bits per heavy atom. The molecule has 0 radical (unpaired) electrons. The minimum absolute atomic E-state index is 0.567. The van der Waals surface area contributed by atoms with Crippen LogP contribution in [0.5, 0.6) is 11.5 Å². The Morgan fingerprint density at radius 1 is 1.00 bits per heavy atom. The molecule has 2 aliphatic rings. The molecule has 2 aromatic carbocycles. The van der Waals surface area contributed by atoms with Gasteiger partial charge < -0.3 is 29.0 Å². The maximum Gasteiger partial charge on any atom is 0.163 e. The molecule has 0 spiro atoms. The molecule has 7 nitrogen and oxygen atoms in total. The van der Waals surface area contributed by atoms with Crippen molar-refractivity contribution in [1.29, 1.82) is 0 Å². The lowest BCUT2D eigenvalue weighted by Gasteiger charge is -2.34. The van der Waals surface area contributed by atoms with E-state index < -0.39 is 0 Å². The molecule has 0 saturated carbocycles. The molecule has 200 valence electrons. The van der Waals surface area contributed by atoms with E-state index in [1.807, 2.05) is 12.1 Å². The molecule has 38 heavy (non-hydrogen) atoms. The van der Waals surface area contributed by atoms with Crippen LogP contribution in [0.25, 0.3) is 33.1 Å². The Hall–Kier alpha value is -3.29. The molecule has 6 rings (SSSR count). The highest BCUT2D eigenvalue weighted by atomic mass is 16.5. The number of hydrogen-bond acceptors (Lipinski definition) is 7. The molecule has 0 bridgehead atoms. The van der Waals surface area contributed by atoms with Crippen molar-refractivity contribution in [3.63, 3.8) is 0 Å². The van der Waals surface area contributed by atoms with Gasteiger partial charge in [0.15, 0.2) is 11.5 Å². The summed E-state index contributed by atoms with van der Waals surface area (Å²) in [6.45, 7) is 6.18. The van der Waals surface area contributed by atoms with Crippen LogP contribution in [-0.2, 0) is 0 Å². The molecule has 7 heteroatoms. The number of methoxy groups -OCH3 is 1. The zero-order valence-corrected chi connectivity index (χ0v) is 22.5. The number of hydrogen-bond donors (Lipinski definition) is 1. The second-order valence-electron chi connectivity index (χ2n) is 10.5. The highest BCUT2D eigenvalue weighted by molar-refractivity contribution is 5.97. The first-order chi connectivity index (χ1) is 18.7. The number of rotatable bonds is 9. The predicted octanol–water partition coefficient (Wildman–Crippen LogP) is 5.71. The van der Waals surface area contributed by atoms with E-state index >= 15 is 0 Å². The number of furan rings is 1. The maximum absolute atomic E-state index is 6.28. The predicted molar refractivity (Wildman–Crippen MR) is 154 cm³/mol. The smallest absolute Gasteiger partial charge is 0.163 e. The topological polar surface area (TPSA) is 63.0 Å². The van der Waals surface area contributed by atoms with Crippen LogP contribution in [0.15, 0.2) is 53.1 Å². The highest BCUT2D eigenvalue weighted by Crippen LogP contribution is 2.39. The van der Waals surface area contributed by atoms with Gasteiger partial charge in [-0.05, 0) is 88.6 Å². The van der Waals surface area contributed by atoms with E-state index in [1.54, 1.807) is 13.4 Å². The summed E-state index contributed by atoms with van der Waals surface area (Å²) >= 11 is 0. The number of pyridine rings is 1. The van der Waals surface area contributed by atoms with Crippen molar-refractivity contribution in [3.8, 4) is 22.8 Å². The average molecular weight is 515 g/mol. The van der Waals surface area contributed by atoms with Crippen molar-refractivity contribution in [2.45, 2.75) is 38.1 Å².